The minimum atomic E-state index is -4.50. The summed E-state index contributed by atoms with van der Waals surface area (Å²) < 4.78 is 67.7. The molecule has 0 bridgehead atoms. The minimum Gasteiger partial charge on any atom is -0.434 e. The zero-order valence-electron chi connectivity index (χ0n) is 17.1. The molecule has 1 aliphatic rings. The second-order valence-corrected chi connectivity index (χ2v) is 7.31. The maximum absolute atomic E-state index is 12.7. The summed E-state index contributed by atoms with van der Waals surface area (Å²) in [7, 11) is 0. The van der Waals surface area contributed by atoms with Crippen molar-refractivity contribution in [3.8, 4) is 16.9 Å². The van der Waals surface area contributed by atoms with Gasteiger partial charge in [0.15, 0.2) is 0 Å². The number of hydrogen-bond donors (Lipinski definition) is 2. The summed E-state index contributed by atoms with van der Waals surface area (Å²) in [5.74, 6) is -0.191. The number of anilines is 1. The summed E-state index contributed by atoms with van der Waals surface area (Å²) in [6.07, 6.45) is -1.77. The molecule has 1 amide bonds. The Morgan fingerprint density at radius 2 is 1.91 bits per heavy atom. The van der Waals surface area contributed by atoms with Crippen LogP contribution in [0.5, 0.6) is 5.75 Å². The van der Waals surface area contributed by atoms with E-state index in [4.69, 9.17) is 0 Å². The third-order valence-electron chi connectivity index (χ3n) is 5.13. The Kier molecular flexibility index (Phi) is 5.88. The maximum Gasteiger partial charge on any atom is 0.433 e. The Labute approximate surface area is 184 Å². The highest BCUT2D eigenvalue weighted by Gasteiger charge is 2.32. The average Bonchev–Trinajstić information content (AvgIpc) is 3.14. The first kappa shape index (κ1) is 22.4. The lowest BCUT2D eigenvalue weighted by Crippen LogP contribution is -2.14. The number of fused-ring (bicyclic) bond motifs is 1. The number of aromatic nitrogens is 2. The molecule has 2 aromatic heterocycles. The number of alkyl halides is 5. The first-order chi connectivity index (χ1) is 15.6. The number of nitrogens with zero attached hydrogens (tertiary/aromatic N) is 2. The SMILES string of the molecule is Cc1cc(NCc2ccc(C(F)(F)F)nc2)ncc1-c1ccc(OC(F)F)c2c1CNC2=O. The van der Waals surface area contributed by atoms with E-state index in [-0.39, 0.29) is 24.4 Å². The monoisotopic (exact) mass is 464 g/mol. The molecule has 0 saturated carbocycles. The summed E-state index contributed by atoms with van der Waals surface area (Å²) >= 11 is 0. The van der Waals surface area contributed by atoms with Crippen LogP contribution < -0.4 is 15.4 Å². The van der Waals surface area contributed by atoms with Crippen LogP contribution in [0.3, 0.4) is 0 Å². The zero-order valence-corrected chi connectivity index (χ0v) is 17.1. The number of nitrogens with one attached hydrogen (secondary N) is 2. The topological polar surface area (TPSA) is 76.1 Å². The van der Waals surface area contributed by atoms with Gasteiger partial charge in [-0.05, 0) is 47.4 Å². The molecule has 0 aliphatic carbocycles. The fraction of sp³-hybridized carbons (Fsp3) is 0.227. The first-order valence-electron chi connectivity index (χ1n) is 9.75. The van der Waals surface area contributed by atoms with Gasteiger partial charge in [-0.1, -0.05) is 12.1 Å². The van der Waals surface area contributed by atoms with E-state index < -0.39 is 24.4 Å². The molecule has 0 fully saturated rings. The van der Waals surface area contributed by atoms with E-state index in [1.807, 2.05) is 6.92 Å². The van der Waals surface area contributed by atoms with Crippen LogP contribution in [0.25, 0.3) is 11.1 Å². The number of halogens is 5. The number of hydrogen-bond acceptors (Lipinski definition) is 5. The second kappa shape index (κ2) is 8.64. The fourth-order valence-corrected chi connectivity index (χ4v) is 3.59. The molecule has 2 N–H and O–H groups in total. The molecule has 0 unspecified atom stereocenters. The minimum absolute atomic E-state index is 0.0733. The van der Waals surface area contributed by atoms with E-state index in [1.165, 1.54) is 12.1 Å². The molecule has 1 aliphatic heterocycles. The van der Waals surface area contributed by atoms with E-state index in [2.05, 4.69) is 25.3 Å². The van der Waals surface area contributed by atoms with Crippen LogP contribution in [0, 0.1) is 6.92 Å². The van der Waals surface area contributed by atoms with Crippen LogP contribution in [0.4, 0.5) is 27.8 Å². The fourth-order valence-electron chi connectivity index (χ4n) is 3.59. The second-order valence-electron chi connectivity index (χ2n) is 7.31. The van der Waals surface area contributed by atoms with Gasteiger partial charge >= 0.3 is 12.8 Å². The van der Waals surface area contributed by atoms with Gasteiger partial charge < -0.3 is 15.4 Å². The summed E-state index contributed by atoms with van der Waals surface area (Å²) in [5.41, 5.74) is 2.35. The lowest BCUT2D eigenvalue weighted by molar-refractivity contribution is -0.141. The number of benzene rings is 1. The van der Waals surface area contributed by atoms with Crippen molar-refractivity contribution in [3.05, 3.63) is 70.7 Å². The van der Waals surface area contributed by atoms with Crippen LogP contribution in [-0.4, -0.2) is 22.5 Å². The Morgan fingerprint density at radius 3 is 2.55 bits per heavy atom. The molecule has 1 aromatic carbocycles. The number of amides is 1. The molecule has 3 heterocycles. The highest BCUT2D eigenvalue weighted by atomic mass is 19.4. The average molecular weight is 464 g/mol. The summed E-state index contributed by atoms with van der Waals surface area (Å²) in [4.78, 5) is 19.9. The maximum atomic E-state index is 12.7. The zero-order chi connectivity index (χ0) is 23.8. The molecule has 11 heteroatoms. The van der Waals surface area contributed by atoms with Gasteiger partial charge in [0.25, 0.3) is 5.91 Å². The molecule has 0 radical (unpaired) electrons. The van der Waals surface area contributed by atoms with Crippen LogP contribution in [0.2, 0.25) is 0 Å². The van der Waals surface area contributed by atoms with Crippen molar-refractivity contribution in [1.29, 1.82) is 0 Å². The highest BCUT2D eigenvalue weighted by Crippen LogP contribution is 2.37. The summed E-state index contributed by atoms with van der Waals surface area (Å²) in [6, 6.07) is 6.92. The predicted molar refractivity (Wildman–Crippen MR) is 109 cm³/mol. The number of carbonyl (C=O) groups is 1. The van der Waals surface area contributed by atoms with Gasteiger partial charge in [-0.15, -0.1) is 0 Å². The van der Waals surface area contributed by atoms with Gasteiger partial charge in [0, 0.05) is 31.0 Å². The molecule has 3 aromatic rings. The van der Waals surface area contributed by atoms with Crippen LogP contribution in [0.15, 0.2) is 42.7 Å². The van der Waals surface area contributed by atoms with Gasteiger partial charge in [-0.25, -0.2) is 4.98 Å². The standard InChI is InChI=1S/C22H17F5N4O2/c1-11-6-18(29-8-12-2-5-17(28-7-12)22(25,26)27)30-9-14(11)13-3-4-16(33-21(23)24)19-15(13)10-31-20(19)32/h2-7,9,21H,8,10H2,1H3,(H,29,30)(H,31,32). The van der Waals surface area contributed by atoms with Gasteiger partial charge in [-0.3, -0.25) is 9.78 Å². The Balaban J connectivity index is 1.54. The van der Waals surface area contributed by atoms with Crippen molar-refractivity contribution in [2.75, 3.05) is 5.32 Å². The lowest BCUT2D eigenvalue weighted by atomic mass is 9.94. The van der Waals surface area contributed by atoms with Gasteiger partial charge in [0.2, 0.25) is 0 Å². The third kappa shape index (κ3) is 4.71. The number of aryl methyl sites for hydroxylation is 1. The van der Waals surface area contributed by atoms with Crippen molar-refractivity contribution < 1.29 is 31.5 Å². The van der Waals surface area contributed by atoms with E-state index >= 15 is 0 Å². The Morgan fingerprint density at radius 1 is 1.12 bits per heavy atom. The molecule has 172 valence electrons. The van der Waals surface area contributed by atoms with E-state index in [0.29, 0.717) is 28.1 Å². The molecule has 0 atom stereocenters. The van der Waals surface area contributed by atoms with Crippen molar-refractivity contribution in [2.45, 2.75) is 32.8 Å². The molecule has 4 rings (SSSR count). The number of rotatable bonds is 6. The highest BCUT2D eigenvalue weighted by molar-refractivity contribution is 6.03. The van der Waals surface area contributed by atoms with Crippen LogP contribution in [0.1, 0.15) is 32.7 Å². The number of ether oxygens (including phenoxy) is 1. The molecular formula is C22H17F5N4O2. The molecular weight excluding hydrogens is 447 g/mol. The van der Waals surface area contributed by atoms with Crippen LogP contribution >= 0.6 is 0 Å². The number of carbonyl (C=O) groups excluding carboxylic acids is 1. The lowest BCUT2D eigenvalue weighted by Gasteiger charge is -2.15. The van der Waals surface area contributed by atoms with E-state index in [9.17, 15) is 26.7 Å². The summed E-state index contributed by atoms with van der Waals surface area (Å²) in [6.45, 7) is -0.849. The Hall–Kier alpha value is -3.76. The summed E-state index contributed by atoms with van der Waals surface area (Å²) in [5, 5.41) is 5.64. The van der Waals surface area contributed by atoms with Crippen molar-refractivity contribution in [1.82, 2.24) is 15.3 Å². The molecule has 0 saturated heterocycles. The van der Waals surface area contributed by atoms with Crippen molar-refractivity contribution in [3.63, 3.8) is 0 Å². The van der Waals surface area contributed by atoms with Crippen molar-refractivity contribution in [2.24, 2.45) is 0 Å². The molecule has 33 heavy (non-hydrogen) atoms. The van der Waals surface area contributed by atoms with Gasteiger partial charge in [0.05, 0.1) is 5.56 Å². The van der Waals surface area contributed by atoms with Crippen molar-refractivity contribution >= 4 is 11.7 Å². The molecule has 6 nitrogen and oxygen atoms in total. The normalized spacial score (nSPS) is 13.1. The predicted octanol–water partition coefficient (Wildman–Crippen LogP) is 4.93. The van der Waals surface area contributed by atoms with Gasteiger partial charge in [-0.2, -0.15) is 22.0 Å². The van der Waals surface area contributed by atoms with Crippen LogP contribution in [-0.2, 0) is 19.3 Å². The van der Waals surface area contributed by atoms with E-state index in [1.54, 1.807) is 18.3 Å². The van der Waals surface area contributed by atoms with Gasteiger partial charge in [0.1, 0.15) is 17.3 Å². The first-order valence-corrected chi connectivity index (χ1v) is 9.75. The smallest absolute Gasteiger partial charge is 0.433 e. The van der Waals surface area contributed by atoms with E-state index in [0.717, 1.165) is 17.8 Å². The third-order valence-corrected chi connectivity index (χ3v) is 5.13. The Bertz CT molecular complexity index is 1200. The molecule has 0 spiro atoms. The number of pyridine rings is 2. The largest absolute Gasteiger partial charge is 0.434 e. The quantitative estimate of drug-likeness (QED) is 0.506.